The first-order valence-corrected chi connectivity index (χ1v) is 7.80. The number of nitrogens with zero attached hydrogens (tertiary/aromatic N) is 1. The van der Waals surface area contributed by atoms with E-state index in [4.69, 9.17) is 0 Å². The average Bonchev–Trinajstić information content (AvgIpc) is 2.43. The number of unbranched alkanes of at least 4 members (excludes halogenated alkanes) is 3. The first kappa shape index (κ1) is 16.0. The molecule has 108 valence electrons. The molecule has 0 spiro atoms. The summed E-state index contributed by atoms with van der Waals surface area (Å²) >= 11 is 0. The van der Waals surface area contributed by atoms with Crippen LogP contribution in [0, 0.1) is 6.92 Å². The van der Waals surface area contributed by atoms with Crippen LogP contribution in [0.2, 0.25) is 0 Å². The Labute approximate surface area is 119 Å². The Balaban J connectivity index is 2.24. The quantitative estimate of drug-likeness (QED) is 0.641. The number of rotatable bonds is 10. The Morgan fingerprint density at radius 3 is 2.47 bits per heavy atom. The number of nitrogens with one attached hydrogen (secondary N) is 1. The molecule has 0 saturated carbocycles. The van der Waals surface area contributed by atoms with E-state index in [1.807, 2.05) is 0 Å². The van der Waals surface area contributed by atoms with Crippen LogP contribution in [-0.4, -0.2) is 26.2 Å². The van der Waals surface area contributed by atoms with Crippen LogP contribution < -0.4 is 10.2 Å². The normalized spacial score (nSPS) is 10.7. The summed E-state index contributed by atoms with van der Waals surface area (Å²) in [4.78, 5) is 2.45. The van der Waals surface area contributed by atoms with Crippen LogP contribution >= 0.6 is 0 Å². The molecule has 0 aliphatic carbocycles. The highest BCUT2D eigenvalue weighted by molar-refractivity contribution is 5.52. The highest BCUT2D eigenvalue weighted by atomic mass is 15.1. The molecule has 1 aromatic carbocycles. The fourth-order valence-corrected chi connectivity index (χ4v) is 2.38. The molecule has 0 radical (unpaired) electrons. The zero-order valence-corrected chi connectivity index (χ0v) is 12.9. The third kappa shape index (κ3) is 6.11. The number of anilines is 1. The number of likely N-dealkylation sites (N-methyl/N-ethyl adjacent to an activating group) is 1. The first-order chi connectivity index (χ1) is 9.29. The van der Waals surface area contributed by atoms with E-state index in [9.17, 15) is 0 Å². The Kier molecular flexibility index (Phi) is 8.31. The molecule has 1 rings (SSSR count). The molecule has 0 aliphatic rings. The van der Waals surface area contributed by atoms with Gasteiger partial charge in [-0.15, -0.1) is 0 Å². The van der Waals surface area contributed by atoms with Crippen molar-refractivity contribution >= 4 is 5.69 Å². The van der Waals surface area contributed by atoms with Gasteiger partial charge in [0.25, 0.3) is 0 Å². The van der Waals surface area contributed by atoms with Crippen LogP contribution in [0.1, 0.15) is 45.1 Å². The molecule has 0 heterocycles. The van der Waals surface area contributed by atoms with Gasteiger partial charge < -0.3 is 10.2 Å². The monoisotopic (exact) mass is 262 g/mol. The standard InChI is InChI=1S/C17H30N2/c1-4-6-7-10-13-18-14-15-19(5-2)17-12-9-8-11-16(17)3/h8-9,11-12,18H,4-7,10,13-15H2,1-3H3. The molecule has 0 unspecified atom stereocenters. The van der Waals surface area contributed by atoms with Gasteiger partial charge in [-0.1, -0.05) is 44.4 Å². The predicted octanol–water partition coefficient (Wildman–Crippen LogP) is 3.99. The van der Waals surface area contributed by atoms with Gasteiger partial charge in [-0.3, -0.25) is 0 Å². The lowest BCUT2D eigenvalue weighted by Crippen LogP contribution is -2.32. The lowest BCUT2D eigenvalue weighted by Gasteiger charge is -2.25. The fourth-order valence-electron chi connectivity index (χ4n) is 2.38. The number of hydrogen-bond acceptors (Lipinski definition) is 2. The molecule has 0 aliphatic heterocycles. The van der Waals surface area contributed by atoms with Gasteiger partial charge in [-0.05, 0) is 38.4 Å². The van der Waals surface area contributed by atoms with Crippen LogP contribution in [0.15, 0.2) is 24.3 Å². The van der Waals surface area contributed by atoms with Gasteiger partial charge in [0, 0.05) is 25.3 Å². The van der Waals surface area contributed by atoms with Gasteiger partial charge in [0.15, 0.2) is 0 Å². The van der Waals surface area contributed by atoms with Crippen molar-refractivity contribution in [3.8, 4) is 0 Å². The van der Waals surface area contributed by atoms with Gasteiger partial charge in [-0.25, -0.2) is 0 Å². The highest BCUT2D eigenvalue weighted by Gasteiger charge is 2.05. The lowest BCUT2D eigenvalue weighted by molar-refractivity contribution is 0.594. The third-order valence-electron chi connectivity index (χ3n) is 3.60. The van der Waals surface area contributed by atoms with Gasteiger partial charge >= 0.3 is 0 Å². The summed E-state index contributed by atoms with van der Waals surface area (Å²) < 4.78 is 0. The van der Waals surface area contributed by atoms with Crippen molar-refractivity contribution < 1.29 is 0 Å². The molecule has 0 amide bonds. The second-order valence-electron chi connectivity index (χ2n) is 5.18. The van der Waals surface area contributed by atoms with E-state index in [-0.39, 0.29) is 0 Å². The van der Waals surface area contributed by atoms with Crippen LogP contribution in [0.5, 0.6) is 0 Å². The van der Waals surface area contributed by atoms with E-state index < -0.39 is 0 Å². The van der Waals surface area contributed by atoms with E-state index in [1.54, 1.807) is 0 Å². The molecule has 0 saturated heterocycles. The van der Waals surface area contributed by atoms with Gasteiger partial charge in [0.05, 0.1) is 0 Å². The topological polar surface area (TPSA) is 15.3 Å². The van der Waals surface area contributed by atoms with Crippen molar-refractivity contribution in [3.63, 3.8) is 0 Å². The molecule has 1 aromatic rings. The fraction of sp³-hybridized carbons (Fsp3) is 0.647. The highest BCUT2D eigenvalue weighted by Crippen LogP contribution is 2.18. The Bertz CT molecular complexity index is 336. The summed E-state index contributed by atoms with van der Waals surface area (Å²) in [6.07, 6.45) is 5.35. The molecule has 0 bridgehead atoms. The minimum absolute atomic E-state index is 1.07. The summed E-state index contributed by atoms with van der Waals surface area (Å²) in [7, 11) is 0. The molecule has 2 heteroatoms. The number of aryl methyl sites for hydroxylation is 1. The second-order valence-corrected chi connectivity index (χ2v) is 5.18. The summed E-state index contributed by atoms with van der Waals surface area (Å²) in [6, 6.07) is 8.65. The Morgan fingerprint density at radius 1 is 1.00 bits per heavy atom. The second kappa shape index (κ2) is 9.85. The SMILES string of the molecule is CCCCCCNCCN(CC)c1ccccc1C. The largest absolute Gasteiger partial charge is 0.370 e. The Hall–Kier alpha value is -1.02. The maximum Gasteiger partial charge on any atom is 0.0396 e. The van der Waals surface area contributed by atoms with Crippen LogP contribution in [0.4, 0.5) is 5.69 Å². The molecular weight excluding hydrogens is 232 g/mol. The van der Waals surface area contributed by atoms with Gasteiger partial charge in [0.2, 0.25) is 0 Å². The number of hydrogen-bond donors (Lipinski definition) is 1. The average molecular weight is 262 g/mol. The van der Waals surface area contributed by atoms with Crippen molar-refractivity contribution in [1.29, 1.82) is 0 Å². The van der Waals surface area contributed by atoms with Gasteiger partial charge in [0.1, 0.15) is 0 Å². The molecule has 1 N–H and O–H groups in total. The van der Waals surface area contributed by atoms with Crippen molar-refractivity contribution in [2.45, 2.75) is 46.5 Å². The zero-order chi connectivity index (χ0) is 13.9. The Morgan fingerprint density at radius 2 is 1.79 bits per heavy atom. The van der Waals surface area contributed by atoms with E-state index in [0.717, 1.165) is 26.2 Å². The maximum atomic E-state index is 3.56. The van der Waals surface area contributed by atoms with E-state index in [1.165, 1.54) is 36.9 Å². The molecule has 2 nitrogen and oxygen atoms in total. The summed E-state index contributed by atoms with van der Waals surface area (Å²) in [5.74, 6) is 0. The molecule has 0 atom stereocenters. The van der Waals surface area contributed by atoms with Gasteiger partial charge in [-0.2, -0.15) is 0 Å². The van der Waals surface area contributed by atoms with Crippen LogP contribution in [0.25, 0.3) is 0 Å². The van der Waals surface area contributed by atoms with Crippen molar-refractivity contribution in [2.24, 2.45) is 0 Å². The van der Waals surface area contributed by atoms with Crippen molar-refractivity contribution in [1.82, 2.24) is 5.32 Å². The minimum Gasteiger partial charge on any atom is -0.370 e. The van der Waals surface area contributed by atoms with E-state index in [0.29, 0.717) is 0 Å². The zero-order valence-electron chi connectivity index (χ0n) is 12.9. The predicted molar refractivity (Wildman–Crippen MR) is 86.1 cm³/mol. The number of benzene rings is 1. The molecule has 19 heavy (non-hydrogen) atoms. The molecule has 0 fully saturated rings. The number of para-hydroxylation sites is 1. The summed E-state index contributed by atoms with van der Waals surface area (Å²) in [5.41, 5.74) is 2.74. The lowest BCUT2D eigenvalue weighted by atomic mass is 10.2. The van der Waals surface area contributed by atoms with Crippen molar-refractivity contribution in [2.75, 3.05) is 31.1 Å². The van der Waals surface area contributed by atoms with Crippen LogP contribution in [0.3, 0.4) is 0 Å². The third-order valence-corrected chi connectivity index (χ3v) is 3.60. The molecule has 0 aromatic heterocycles. The van der Waals surface area contributed by atoms with Crippen molar-refractivity contribution in [3.05, 3.63) is 29.8 Å². The minimum atomic E-state index is 1.07. The summed E-state index contributed by atoms with van der Waals surface area (Å²) in [6.45, 7) is 11.1. The van der Waals surface area contributed by atoms with E-state index >= 15 is 0 Å². The maximum absolute atomic E-state index is 3.56. The molecular formula is C17H30N2. The summed E-state index contributed by atoms with van der Waals surface area (Å²) in [5, 5.41) is 3.56. The van der Waals surface area contributed by atoms with E-state index in [2.05, 4.69) is 55.3 Å². The smallest absolute Gasteiger partial charge is 0.0396 e. The first-order valence-electron chi connectivity index (χ1n) is 7.80. The van der Waals surface area contributed by atoms with Crippen LogP contribution in [-0.2, 0) is 0 Å².